The van der Waals surface area contributed by atoms with Crippen LogP contribution in [0.25, 0.3) is 0 Å². The summed E-state index contributed by atoms with van der Waals surface area (Å²) in [6.07, 6.45) is 82.5. The molecule has 0 bridgehead atoms. The summed E-state index contributed by atoms with van der Waals surface area (Å²) in [5.41, 5.74) is 0. The van der Waals surface area contributed by atoms with E-state index < -0.39 is 12.1 Å². The van der Waals surface area contributed by atoms with Crippen LogP contribution in [0.1, 0.15) is 406 Å². The molecule has 2 unspecified atom stereocenters. The molecule has 2 atom stereocenters. The van der Waals surface area contributed by atoms with Gasteiger partial charge in [0, 0.05) is 12.8 Å². The van der Waals surface area contributed by atoms with Crippen molar-refractivity contribution in [3.63, 3.8) is 0 Å². The number of esters is 1. The van der Waals surface area contributed by atoms with Crippen LogP contribution < -0.4 is 5.32 Å². The van der Waals surface area contributed by atoms with Gasteiger partial charge in [-0.25, -0.2) is 0 Å². The number of ether oxygens (including phenoxy) is 1. The number of unbranched alkanes of at least 4 members (excludes halogenated alkanes) is 54. The van der Waals surface area contributed by atoms with Crippen LogP contribution in [0.5, 0.6) is 0 Å². The quantitative estimate of drug-likeness (QED) is 0.0320. The molecule has 0 aliphatic heterocycles. The van der Waals surface area contributed by atoms with Gasteiger partial charge in [-0.05, 0) is 51.4 Å². The summed E-state index contributed by atoms with van der Waals surface area (Å²) in [6.45, 7) is 4.99. The summed E-state index contributed by atoms with van der Waals surface area (Å²) in [4.78, 5) is 24.7. The first kappa shape index (κ1) is 75.6. The number of hydrogen-bond donors (Lipinski definition) is 3. The largest absolute Gasteiger partial charge is 0.466 e. The lowest BCUT2D eigenvalue weighted by molar-refractivity contribution is -0.143. The SMILES string of the molecule is CCCCCCCC/C=C\CCCCCCCCCCCC(=O)OCCCCCCCCCCCCCCCCCCCCCC(=O)NC(CO)C(O)CCCCCCCCCCCCCCCCCCCCCCCC. The van der Waals surface area contributed by atoms with E-state index in [1.165, 1.54) is 327 Å². The number of allylic oxidation sites excluding steroid dienone is 2. The lowest BCUT2D eigenvalue weighted by Crippen LogP contribution is -2.45. The van der Waals surface area contributed by atoms with Crippen molar-refractivity contribution in [1.29, 1.82) is 0 Å². The zero-order valence-corrected chi connectivity index (χ0v) is 52.5. The van der Waals surface area contributed by atoms with Gasteiger partial charge in [0.05, 0.1) is 25.4 Å². The minimum Gasteiger partial charge on any atom is -0.466 e. The van der Waals surface area contributed by atoms with E-state index in [4.69, 9.17) is 4.74 Å². The topological polar surface area (TPSA) is 95.9 Å². The zero-order valence-electron chi connectivity index (χ0n) is 52.5. The van der Waals surface area contributed by atoms with Crippen LogP contribution in [0.4, 0.5) is 0 Å². The average Bonchev–Trinajstić information content (AvgIpc) is 3.43. The number of aliphatic hydroxyl groups excluding tert-OH is 2. The number of rotatable bonds is 67. The number of aliphatic hydroxyl groups is 2. The number of nitrogens with one attached hydrogen (secondary N) is 1. The van der Waals surface area contributed by atoms with Crippen LogP contribution in [0, 0.1) is 0 Å². The summed E-state index contributed by atoms with van der Waals surface area (Å²) in [5.74, 6) is -0.0226. The fourth-order valence-corrected chi connectivity index (χ4v) is 11.4. The van der Waals surface area contributed by atoms with Gasteiger partial charge < -0.3 is 20.3 Å². The Morgan fingerprint density at radius 3 is 0.922 bits per heavy atom. The molecule has 0 aliphatic rings. The van der Waals surface area contributed by atoms with Crippen molar-refractivity contribution in [3.05, 3.63) is 12.2 Å². The third kappa shape index (κ3) is 63.6. The number of carbonyl (C=O) groups is 2. The van der Waals surface area contributed by atoms with Crippen molar-refractivity contribution in [3.8, 4) is 0 Å². The van der Waals surface area contributed by atoms with E-state index in [9.17, 15) is 19.8 Å². The smallest absolute Gasteiger partial charge is 0.305 e. The van der Waals surface area contributed by atoms with Gasteiger partial charge >= 0.3 is 5.97 Å². The first-order valence-electron chi connectivity index (χ1n) is 35.4. The molecule has 0 aromatic carbocycles. The summed E-state index contributed by atoms with van der Waals surface area (Å²) in [6, 6.07) is -0.544. The van der Waals surface area contributed by atoms with E-state index in [0.29, 0.717) is 25.9 Å². The Kier molecular flexibility index (Phi) is 65.9. The average molecular weight is 1090 g/mol. The fraction of sp³-hybridized carbons (Fsp3) is 0.944. The Morgan fingerprint density at radius 1 is 0.351 bits per heavy atom. The predicted molar refractivity (Wildman–Crippen MR) is 338 cm³/mol. The minimum atomic E-state index is -0.667. The van der Waals surface area contributed by atoms with Crippen molar-refractivity contribution in [2.75, 3.05) is 13.2 Å². The van der Waals surface area contributed by atoms with Gasteiger partial charge in [0.2, 0.25) is 5.91 Å². The molecular formula is C71H139NO5. The van der Waals surface area contributed by atoms with Crippen molar-refractivity contribution in [2.24, 2.45) is 0 Å². The molecule has 0 saturated carbocycles. The molecular weight excluding hydrogens is 947 g/mol. The molecule has 0 heterocycles. The Bertz CT molecular complexity index is 1160. The van der Waals surface area contributed by atoms with Crippen molar-refractivity contribution in [1.82, 2.24) is 5.32 Å². The van der Waals surface area contributed by atoms with E-state index >= 15 is 0 Å². The molecule has 0 spiro atoms. The number of carbonyl (C=O) groups excluding carboxylic acids is 2. The normalized spacial score (nSPS) is 12.5. The number of amides is 1. The second-order valence-corrected chi connectivity index (χ2v) is 24.6. The third-order valence-corrected chi connectivity index (χ3v) is 16.8. The van der Waals surface area contributed by atoms with Gasteiger partial charge in [-0.3, -0.25) is 9.59 Å². The predicted octanol–water partition coefficient (Wildman–Crippen LogP) is 22.8. The maximum atomic E-state index is 12.5. The summed E-state index contributed by atoms with van der Waals surface area (Å²) >= 11 is 0. The van der Waals surface area contributed by atoms with Crippen LogP contribution in [-0.4, -0.2) is 47.4 Å². The molecule has 1 amide bonds. The van der Waals surface area contributed by atoms with Crippen LogP contribution in [-0.2, 0) is 14.3 Å². The Morgan fingerprint density at radius 2 is 0.610 bits per heavy atom. The van der Waals surface area contributed by atoms with Gasteiger partial charge in [-0.2, -0.15) is 0 Å². The van der Waals surface area contributed by atoms with E-state index in [1.54, 1.807) is 0 Å². The summed E-state index contributed by atoms with van der Waals surface area (Å²) in [7, 11) is 0. The van der Waals surface area contributed by atoms with Crippen LogP contribution in [0.15, 0.2) is 12.2 Å². The lowest BCUT2D eigenvalue weighted by Gasteiger charge is -2.22. The molecule has 0 rings (SSSR count). The molecule has 6 heteroatoms. The molecule has 77 heavy (non-hydrogen) atoms. The second-order valence-electron chi connectivity index (χ2n) is 24.6. The number of hydrogen-bond acceptors (Lipinski definition) is 5. The van der Waals surface area contributed by atoms with Crippen LogP contribution >= 0.6 is 0 Å². The van der Waals surface area contributed by atoms with Gasteiger partial charge in [0.25, 0.3) is 0 Å². The highest BCUT2D eigenvalue weighted by Crippen LogP contribution is 2.19. The van der Waals surface area contributed by atoms with Gasteiger partial charge in [-0.15, -0.1) is 0 Å². The Labute approximate surface area is 482 Å². The lowest BCUT2D eigenvalue weighted by atomic mass is 10.0. The van der Waals surface area contributed by atoms with Crippen molar-refractivity contribution >= 4 is 11.9 Å². The third-order valence-electron chi connectivity index (χ3n) is 16.8. The molecule has 0 aromatic heterocycles. The van der Waals surface area contributed by atoms with Gasteiger partial charge in [-0.1, -0.05) is 353 Å². The minimum absolute atomic E-state index is 0.0102. The second kappa shape index (κ2) is 67.1. The zero-order chi connectivity index (χ0) is 55.7. The standard InChI is InChI=1S/C71H139NO5/c1-3-5-7-9-11-13-15-17-19-21-23-24-25-28-31-35-39-43-47-51-55-59-63-69(74)68(67-73)72-70(75)64-60-56-52-48-44-40-36-32-29-26-30-34-38-42-46-50-54-58-62-66-77-71(76)65-61-57-53-49-45-41-37-33-27-22-20-18-16-14-12-10-8-6-4-2/h18,20,68-69,73-74H,3-17,19,21-67H2,1-2H3,(H,72,75)/b20-18-. The van der Waals surface area contributed by atoms with E-state index in [2.05, 4.69) is 31.3 Å². The van der Waals surface area contributed by atoms with Gasteiger partial charge in [0.15, 0.2) is 0 Å². The maximum absolute atomic E-state index is 12.5. The highest BCUT2D eigenvalue weighted by Gasteiger charge is 2.20. The van der Waals surface area contributed by atoms with Crippen LogP contribution in [0.3, 0.4) is 0 Å². The highest BCUT2D eigenvalue weighted by atomic mass is 16.5. The molecule has 0 saturated heterocycles. The summed E-state index contributed by atoms with van der Waals surface area (Å²) < 4.78 is 5.51. The molecule has 0 aliphatic carbocycles. The monoisotopic (exact) mass is 1090 g/mol. The molecule has 458 valence electrons. The van der Waals surface area contributed by atoms with E-state index in [1.807, 2.05) is 0 Å². The fourth-order valence-electron chi connectivity index (χ4n) is 11.4. The highest BCUT2D eigenvalue weighted by molar-refractivity contribution is 5.76. The van der Waals surface area contributed by atoms with Crippen molar-refractivity contribution in [2.45, 2.75) is 418 Å². The first-order chi connectivity index (χ1) is 38.0. The molecule has 0 radical (unpaired) electrons. The van der Waals surface area contributed by atoms with Gasteiger partial charge in [0.1, 0.15) is 0 Å². The maximum Gasteiger partial charge on any atom is 0.305 e. The Balaban J connectivity index is 3.38. The van der Waals surface area contributed by atoms with Crippen molar-refractivity contribution < 1.29 is 24.5 Å². The summed E-state index contributed by atoms with van der Waals surface area (Å²) in [5, 5.41) is 23.4. The van der Waals surface area contributed by atoms with E-state index in [0.717, 1.165) is 44.9 Å². The molecule has 6 nitrogen and oxygen atoms in total. The first-order valence-corrected chi connectivity index (χ1v) is 35.4. The molecule has 0 aromatic rings. The molecule has 0 fully saturated rings. The molecule has 3 N–H and O–H groups in total. The van der Waals surface area contributed by atoms with Crippen LogP contribution in [0.2, 0.25) is 0 Å². The Hall–Kier alpha value is -1.40. The van der Waals surface area contributed by atoms with E-state index in [-0.39, 0.29) is 18.5 Å².